The summed E-state index contributed by atoms with van der Waals surface area (Å²) in [4.78, 5) is 4.30. The summed E-state index contributed by atoms with van der Waals surface area (Å²) in [5.41, 5.74) is 0. The van der Waals surface area contributed by atoms with E-state index in [1.54, 1.807) is 0 Å². The van der Waals surface area contributed by atoms with E-state index in [1.165, 1.54) is 12.8 Å². The van der Waals surface area contributed by atoms with Crippen molar-refractivity contribution in [2.24, 2.45) is 4.99 Å². The number of allylic oxidation sites excluding steroid dienone is 6. The molecule has 0 radical (unpaired) electrons. The van der Waals surface area contributed by atoms with Crippen LogP contribution in [0.1, 0.15) is 32.1 Å². The Kier molecular flexibility index (Phi) is 6.65. The van der Waals surface area contributed by atoms with Crippen molar-refractivity contribution in [2.75, 3.05) is 6.54 Å². The molecule has 1 rings (SSSR count). The molecule has 0 atom stereocenters. The fourth-order valence-corrected chi connectivity index (χ4v) is 1.30. The third-order valence-electron chi connectivity index (χ3n) is 2.11. The fraction of sp³-hybridized carbons (Fsp3) is 0.462. The van der Waals surface area contributed by atoms with Gasteiger partial charge in [-0.25, -0.2) is 0 Å². The van der Waals surface area contributed by atoms with Crippen molar-refractivity contribution in [1.82, 2.24) is 0 Å². The number of hydrogen-bond acceptors (Lipinski definition) is 1. The quantitative estimate of drug-likeness (QED) is 0.551. The van der Waals surface area contributed by atoms with Crippen LogP contribution in [0.2, 0.25) is 0 Å². The predicted octanol–water partition coefficient (Wildman–Crippen LogP) is 3.69. The van der Waals surface area contributed by atoms with Gasteiger partial charge in [-0.1, -0.05) is 30.4 Å². The Labute approximate surface area is 86.9 Å². The minimum atomic E-state index is 0.943. The van der Waals surface area contributed by atoms with Crippen molar-refractivity contribution in [3.63, 3.8) is 0 Å². The van der Waals surface area contributed by atoms with Crippen LogP contribution >= 0.6 is 0 Å². The van der Waals surface area contributed by atoms with Gasteiger partial charge in [-0.3, -0.25) is 4.99 Å². The molecule has 0 aromatic rings. The van der Waals surface area contributed by atoms with Crippen LogP contribution in [0.25, 0.3) is 0 Å². The van der Waals surface area contributed by atoms with Gasteiger partial charge in [-0.2, -0.15) is 0 Å². The fourth-order valence-electron chi connectivity index (χ4n) is 1.30. The van der Waals surface area contributed by atoms with E-state index in [4.69, 9.17) is 0 Å². The molecule has 1 aliphatic rings. The van der Waals surface area contributed by atoms with Crippen LogP contribution in [0, 0.1) is 0 Å². The molecular weight excluding hydrogens is 170 g/mol. The van der Waals surface area contributed by atoms with Gasteiger partial charge in [0.15, 0.2) is 0 Å². The molecule has 1 heteroatoms. The third kappa shape index (κ3) is 6.41. The van der Waals surface area contributed by atoms with E-state index in [1.807, 2.05) is 6.21 Å². The van der Waals surface area contributed by atoms with Gasteiger partial charge in [0, 0.05) is 12.8 Å². The van der Waals surface area contributed by atoms with Crippen LogP contribution in [0.15, 0.2) is 41.4 Å². The first-order valence-electron chi connectivity index (χ1n) is 5.47. The van der Waals surface area contributed by atoms with Crippen LogP contribution in [-0.4, -0.2) is 12.8 Å². The van der Waals surface area contributed by atoms with Gasteiger partial charge in [-0.05, 0) is 38.2 Å². The number of hydrogen-bond donors (Lipinski definition) is 0. The molecule has 14 heavy (non-hydrogen) atoms. The molecule has 0 N–H and O–H groups in total. The van der Waals surface area contributed by atoms with Crippen molar-refractivity contribution in [3.8, 4) is 0 Å². The third-order valence-corrected chi connectivity index (χ3v) is 2.11. The second kappa shape index (κ2) is 8.49. The largest absolute Gasteiger partial charge is 0.293 e. The monoisotopic (exact) mass is 189 g/mol. The van der Waals surface area contributed by atoms with Crippen molar-refractivity contribution in [1.29, 1.82) is 0 Å². The van der Waals surface area contributed by atoms with E-state index in [0.717, 1.165) is 25.8 Å². The first kappa shape index (κ1) is 11.0. The van der Waals surface area contributed by atoms with Crippen LogP contribution in [0.3, 0.4) is 0 Å². The maximum atomic E-state index is 4.30. The summed E-state index contributed by atoms with van der Waals surface area (Å²) < 4.78 is 0. The van der Waals surface area contributed by atoms with Gasteiger partial charge in [0.2, 0.25) is 0 Å². The standard InChI is InChI=1S/C13H19N/c1-2-4-6-8-10-12-14-13-11-9-7-5-3-1/h1-2,4,6,9,11,13H,3,5,7-8,10,12H2. The second-order valence-corrected chi connectivity index (χ2v) is 3.41. The molecule has 0 fully saturated rings. The van der Waals surface area contributed by atoms with Gasteiger partial charge in [0.05, 0.1) is 0 Å². The molecule has 0 bridgehead atoms. The highest BCUT2D eigenvalue weighted by molar-refractivity contribution is 5.70. The lowest BCUT2D eigenvalue weighted by Gasteiger charge is -1.91. The summed E-state index contributed by atoms with van der Waals surface area (Å²) >= 11 is 0. The minimum Gasteiger partial charge on any atom is -0.293 e. The molecule has 0 aromatic heterocycles. The van der Waals surface area contributed by atoms with Crippen molar-refractivity contribution >= 4 is 6.21 Å². The Balaban J connectivity index is 2.33. The molecule has 0 spiro atoms. The van der Waals surface area contributed by atoms with Crippen LogP contribution in [-0.2, 0) is 0 Å². The van der Waals surface area contributed by atoms with Crippen LogP contribution in [0.4, 0.5) is 0 Å². The maximum Gasteiger partial charge on any atom is 0.0392 e. The molecule has 76 valence electrons. The van der Waals surface area contributed by atoms with Crippen molar-refractivity contribution < 1.29 is 0 Å². The lowest BCUT2D eigenvalue weighted by molar-refractivity contribution is 0.855. The Morgan fingerprint density at radius 2 is 1.36 bits per heavy atom. The Morgan fingerprint density at radius 1 is 0.714 bits per heavy atom. The van der Waals surface area contributed by atoms with Gasteiger partial charge in [0.25, 0.3) is 0 Å². The zero-order valence-electron chi connectivity index (χ0n) is 8.73. The first-order valence-corrected chi connectivity index (χ1v) is 5.47. The lowest BCUT2D eigenvalue weighted by Crippen LogP contribution is -1.80. The van der Waals surface area contributed by atoms with Crippen LogP contribution < -0.4 is 0 Å². The van der Waals surface area contributed by atoms with Crippen molar-refractivity contribution in [3.05, 3.63) is 36.5 Å². The normalized spacial score (nSPS) is 19.4. The van der Waals surface area contributed by atoms with E-state index in [9.17, 15) is 0 Å². The topological polar surface area (TPSA) is 12.4 Å². The van der Waals surface area contributed by atoms with Gasteiger partial charge in [-0.15, -0.1) is 0 Å². The molecule has 1 heterocycles. The highest BCUT2D eigenvalue weighted by Gasteiger charge is 1.82. The summed E-state index contributed by atoms with van der Waals surface area (Å²) in [5.74, 6) is 0. The Bertz CT molecular complexity index is 184. The molecule has 1 nitrogen and oxygen atoms in total. The molecule has 1 aliphatic heterocycles. The van der Waals surface area contributed by atoms with E-state index in [-0.39, 0.29) is 0 Å². The second-order valence-electron chi connectivity index (χ2n) is 3.41. The summed E-state index contributed by atoms with van der Waals surface area (Å²) in [5, 5.41) is 0. The van der Waals surface area contributed by atoms with Crippen LogP contribution in [0.5, 0.6) is 0 Å². The number of nitrogens with zero attached hydrogens (tertiary/aromatic N) is 1. The zero-order chi connectivity index (χ0) is 9.90. The average molecular weight is 189 g/mol. The first-order chi connectivity index (χ1) is 7.00. The minimum absolute atomic E-state index is 0.943. The summed E-state index contributed by atoms with van der Waals surface area (Å²) in [6.45, 7) is 0.943. The van der Waals surface area contributed by atoms with Crippen molar-refractivity contribution in [2.45, 2.75) is 32.1 Å². The van der Waals surface area contributed by atoms with Gasteiger partial charge in [0.1, 0.15) is 0 Å². The highest BCUT2D eigenvalue weighted by atomic mass is 14.7. The van der Waals surface area contributed by atoms with E-state index in [0.29, 0.717) is 0 Å². The average Bonchev–Trinajstić information content (AvgIpc) is 2.22. The molecular formula is C13H19N. The van der Waals surface area contributed by atoms with E-state index < -0.39 is 0 Å². The van der Waals surface area contributed by atoms with E-state index >= 15 is 0 Å². The molecule has 0 amide bonds. The van der Waals surface area contributed by atoms with Gasteiger partial charge < -0.3 is 0 Å². The number of rotatable bonds is 0. The summed E-state index contributed by atoms with van der Waals surface area (Å²) in [7, 11) is 0. The van der Waals surface area contributed by atoms with E-state index in [2.05, 4.69) is 41.4 Å². The molecule has 0 aromatic carbocycles. The Hall–Kier alpha value is -1.11. The molecule has 0 aliphatic carbocycles. The number of aliphatic imine (C=N–C) groups is 1. The summed E-state index contributed by atoms with van der Waals surface area (Å²) in [6.07, 6.45) is 20.8. The maximum absolute atomic E-state index is 4.30. The van der Waals surface area contributed by atoms with Gasteiger partial charge >= 0.3 is 0 Å². The predicted molar refractivity (Wildman–Crippen MR) is 63.9 cm³/mol. The molecule has 0 unspecified atom stereocenters. The summed E-state index contributed by atoms with van der Waals surface area (Å²) in [6, 6.07) is 0. The zero-order valence-corrected chi connectivity index (χ0v) is 8.73. The molecule has 0 saturated heterocycles. The Morgan fingerprint density at radius 3 is 2.14 bits per heavy atom. The highest BCUT2D eigenvalue weighted by Crippen LogP contribution is 1.99. The SMILES string of the molecule is C1=CCCCC=CC=NCCCC=C1. The lowest BCUT2D eigenvalue weighted by atomic mass is 10.2. The molecule has 0 saturated carbocycles. The smallest absolute Gasteiger partial charge is 0.0392 e.